The first-order chi connectivity index (χ1) is 10.3. The largest absolute Gasteiger partial charge is 0.489 e. The third kappa shape index (κ3) is 5.28. The van der Waals surface area contributed by atoms with Gasteiger partial charge in [-0.2, -0.15) is 5.10 Å². The summed E-state index contributed by atoms with van der Waals surface area (Å²) in [5.74, 6) is 0.830. The summed E-state index contributed by atoms with van der Waals surface area (Å²) < 4.78 is 5.74. The zero-order valence-corrected chi connectivity index (χ0v) is 12.1. The van der Waals surface area contributed by atoms with Gasteiger partial charge in [0.05, 0.1) is 19.4 Å². The summed E-state index contributed by atoms with van der Waals surface area (Å²) >= 11 is 0. The van der Waals surface area contributed by atoms with Gasteiger partial charge >= 0.3 is 0 Å². The minimum absolute atomic E-state index is 0.0725. The van der Waals surface area contributed by atoms with Gasteiger partial charge in [-0.3, -0.25) is 0 Å². The highest BCUT2D eigenvalue weighted by atomic mass is 16.5. The first-order valence-electron chi connectivity index (χ1n) is 6.93. The smallest absolute Gasteiger partial charge is 0.119 e. The van der Waals surface area contributed by atoms with Crippen molar-refractivity contribution in [1.82, 2.24) is 5.43 Å². The zero-order valence-electron chi connectivity index (χ0n) is 12.1. The Morgan fingerprint density at radius 2 is 1.81 bits per heavy atom. The number of rotatable bonds is 7. The molecule has 2 rings (SSSR count). The molecule has 21 heavy (non-hydrogen) atoms. The van der Waals surface area contributed by atoms with E-state index in [2.05, 4.69) is 41.7 Å². The lowest BCUT2D eigenvalue weighted by Crippen LogP contribution is -2.11. The molecule has 4 heteroatoms. The van der Waals surface area contributed by atoms with Crippen molar-refractivity contribution >= 4 is 6.21 Å². The van der Waals surface area contributed by atoms with Gasteiger partial charge in [0.2, 0.25) is 0 Å². The Labute approximate surface area is 125 Å². The average molecular weight is 284 g/mol. The third-order valence-corrected chi connectivity index (χ3v) is 2.93. The molecule has 0 saturated heterocycles. The van der Waals surface area contributed by atoms with Crippen molar-refractivity contribution in [2.45, 2.75) is 13.5 Å². The topological polar surface area (TPSA) is 53.8 Å². The molecule has 110 valence electrons. The maximum Gasteiger partial charge on any atom is 0.119 e. The minimum atomic E-state index is 0.0725. The Morgan fingerprint density at radius 3 is 2.48 bits per heavy atom. The molecule has 2 aromatic carbocycles. The molecule has 2 N–H and O–H groups in total. The predicted octanol–water partition coefficient (Wildman–Crippen LogP) is 2.49. The molecule has 0 bridgehead atoms. The highest BCUT2D eigenvalue weighted by molar-refractivity contribution is 5.79. The minimum Gasteiger partial charge on any atom is -0.489 e. The number of aryl methyl sites for hydroxylation is 1. The number of benzene rings is 2. The number of aliphatic hydroxyl groups is 1. The first-order valence-corrected chi connectivity index (χ1v) is 6.93. The van der Waals surface area contributed by atoms with Crippen molar-refractivity contribution in [3.63, 3.8) is 0 Å². The van der Waals surface area contributed by atoms with E-state index in [1.165, 1.54) is 5.56 Å². The number of hydrogen-bond donors (Lipinski definition) is 2. The van der Waals surface area contributed by atoms with Crippen LogP contribution in [0.5, 0.6) is 5.75 Å². The Morgan fingerprint density at radius 1 is 1.10 bits per heavy atom. The van der Waals surface area contributed by atoms with Gasteiger partial charge in [-0.05, 0) is 42.3 Å². The van der Waals surface area contributed by atoms with Crippen molar-refractivity contribution in [1.29, 1.82) is 0 Å². The van der Waals surface area contributed by atoms with E-state index in [1.54, 1.807) is 6.21 Å². The van der Waals surface area contributed by atoms with Gasteiger partial charge in [0.25, 0.3) is 0 Å². The van der Waals surface area contributed by atoms with Crippen LogP contribution in [0.2, 0.25) is 0 Å². The summed E-state index contributed by atoms with van der Waals surface area (Å²) in [6, 6.07) is 16.0. The van der Waals surface area contributed by atoms with Gasteiger partial charge in [-0.1, -0.05) is 29.8 Å². The second-order valence-corrected chi connectivity index (χ2v) is 4.73. The second kappa shape index (κ2) is 8.07. The lowest BCUT2D eigenvalue weighted by Gasteiger charge is -2.06. The van der Waals surface area contributed by atoms with Gasteiger partial charge in [-0.25, -0.2) is 0 Å². The summed E-state index contributed by atoms with van der Waals surface area (Å²) in [7, 11) is 0. The van der Waals surface area contributed by atoms with Crippen molar-refractivity contribution in [3.8, 4) is 5.75 Å². The number of ether oxygens (including phenoxy) is 1. The van der Waals surface area contributed by atoms with Crippen molar-refractivity contribution in [2.24, 2.45) is 5.10 Å². The summed E-state index contributed by atoms with van der Waals surface area (Å²) in [5.41, 5.74) is 6.11. The van der Waals surface area contributed by atoms with Crippen LogP contribution in [-0.2, 0) is 6.61 Å². The van der Waals surface area contributed by atoms with Gasteiger partial charge in [-0.15, -0.1) is 0 Å². The fourth-order valence-corrected chi connectivity index (χ4v) is 1.74. The fraction of sp³-hybridized carbons (Fsp3) is 0.235. The molecule has 0 amide bonds. The first kappa shape index (κ1) is 15.1. The van der Waals surface area contributed by atoms with E-state index in [4.69, 9.17) is 9.84 Å². The Balaban J connectivity index is 1.84. The van der Waals surface area contributed by atoms with E-state index < -0.39 is 0 Å². The molecule has 0 aliphatic carbocycles. The molecule has 0 radical (unpaired) electrons. The van der Waals surface area contributed by atoms with Crippen molar-refractivity contribution in [3.05, 3.63) is 65.2 Å². The van der Waals surface area contributed by atoms with E-state index in [9.17, 15) is 0 Å². The molecule has 0 aliphatic heterocycles. The Bertz CT molecular complexity index is 562. The van der Waals surface area contributed by atoms with Crippen LogP contribution in [0.15, 0.2) is 53.6 Å². The molecule has 0 atom stereocenters. The molecule has 0 saturated carbocycles. The zero-order chi connectivity index (χ0) is 14.9. The molecule has 0 fully saturated rings. The third-order valence-electron chi connectivity index (χ3n) is 2.93. The van der Waals surface area contributed by atoms with Crippen molar-refractivity contribution in [2.75, 3.05) is 13.2 Å². The number of hydrazone groups is 1. The number of nitrogens with zero attached hydrogens (tertiary/aromatic N) is 1. The standard InChI is InChI=1S/C17H20N2O2/c1-14-2-4-16(5-3-14)13-21-17-8-6-15(7-9-17)12-19-18-10-11-20/h2-9,12,18,20H,10-11,13H2,1H3. The molecule has 0 aliphatic rings. The van der Waals surface area contributed by atoms with Crippen LogP contribution in [-0.4, -0.2) is 24.5 Å². The van der Waals surface area contributed by atoms with E-state index in [1.807, 2.05) is 24.3 Å². The number of nitrogens with one attached hydrogen (secondary N) is 1. The van der Waals surface area contributed by atoms with E-state index in [-0.39, 0.29) is 6.61 Å². The molecular weight excluding hydrogens is 264 g/mol. The van der Waals surface area contributed by atoms with Gasteiger partial charge < -0.3 is 15.3 Å². The van der Waals surface area contributed by atoms with Crippen LogP contribution < -0.4 is 10.2 Å². The van der Waals surface area contributed by atoms with Gasteiger partial charge in [0, 0.05) is 0 Å². The van der Waals surface area contributed by atoms with Crippen LogP contribution in [0.1, 0.15) is 16.7 Å². The van der Waals surface area contributed by atoms with E-state index >= 15 is 0 Å². The van der Waals surface area contributed by atoms with Gasteiger partial charge in [0.1, 0.15) is 12.4 Å². The summed E-state index contributed by atoms with van der Waals surface area (Å²) in [6.45, 7) is 3.16. The van der Waals surface area contributed by atoms with E-state index in [0.29, 0.717) is 13.2 Å². The number of hydrogen-bond acceptors (Lipinski definition) is 4. The summed E-state index contributed by atoms with van der Waals surface area (Å²) in [6.07, 6.45) is 1.71. The quantitative estimate of drug-likeness (QED) is 0.466. The maximum absolute atomic E-state index is 8.62. The second-order valence-electron chi connectivity index (χ2n) is 4.73. The van der Waals surface area contributed by atoms with Crippen LogP contribution in [0.4, 0.5) is 0 Å². The molecule has 0 unspecified atom stereocenters. The Kier molecular flexibility index (Phi) is 5.79. The summed E-state index contributed by atoms with van der Waals surface area (Å²) in [5, 5.41) is 12.6. The SMILES string of the molecule is Cc1ccc(COc2ccc(C=NNCCO)cc2)cc1. The normalized spacial score (nSPS) is 10.8. The highest BCUT2D eigenvalue weighted by Gasteiger charge is 1.96. The fourth-order valence-electron chi connectivity index (χ4n) is 1.74. The van der Waals surface area contributed by atoms with Gasteiger partial charge in [0.15, 0.2) is 0 Å². The number of aliphatic hydroxyl groups excluding tert-OH is 1. The predicted molar refractivity (Wildman–Crippen MR) is 84.6 cm³/mol. The average Bonchev–Trinajstić information content (AvgIpc) is 2.52. The summed E-state index contributed by atoms with van der Waals surface area (Å²) in [4.78, 5) is 0. The maximum atomic E-state index is 8.62. The lowest BCUT2D eigenvalue weighted by atomic mass is 10.2. The Hall–Kier alpha value is -2.33. The molecular formula is C17H20N2O2. The van der Waals surface area contributed by atoms with Crippen LogP contribution in [0.3, 0.4) is 0 Å². The van der Waals surface area contributed by atoms with Crippen molar-refractivity contribution < 1.29 is 9.84 Å². The van der Waals surface area contributed by atoms with Crippen LogP contribution in [0, 0.1) is 6.92 Å². The molecule has 0 aromatic heterocycles. The van der Waals surface area contributed by atoms with Crippen LogP contribution >= 0.6 is 0 Å². The molecule has 0 heterocycles. The highest BCUT2D eigenvalue weighted by Crippen LogP contribution is 2.13. The molecule has 0 spiro atoms. The molecule has 2 aromatic rings. The van der Waals surface area contributed by atoms with E-state index in [0.717, 1.165) is 16.9 Å². The lowest BCUT2D eigenvalue weighted by molar-refractivity contribution is 0.294. The molecule has 4 nitrogen and oxygen atoms in total. The monoisotopic (exact) mass is 284 g/mol. The van der Waals surface area contributed by atoms with Crippen LogP contribution in [0.25, 0.3) is 0 Å².